The average molecular weight is 241 g/mol. The zero-order valence-corrected chi connectivity index (χ0v) is 8.64. The van der Waals surface area contributed by atoms with E-state index in [1.165, 1.54) is 12.3 Å². The van der Waals surface area contributed by atoms with Crippen LogP contribution in [0.3, 0.4) is 0 Å². The Bertz CT molecular complexity index is 651. The van der Waals surface area contributed by atoms with Gasteiger partial charge in [0.1, 0.15) is 11.4 Å². The average Bonchev–Trinajstić information content (AvgIpc) is 2.18. The summed E-state index contributed by atoms with van der Waals surface area (Å²) in [5, 5.41) is 0.381. The first kappa shape index (κ1) is 10.6. The van der Waals surface area contributed by atoms with E-state index in [0.717, 1.165) is 6.07 Å². The van der Waals surface area contributed by atoms with E-state index in [1.54, 1.807) is 0 Å². The Balaban J connectivity index is 3.03. The first-order valence-corrected chi connectivity index (χ1v) is 4.68. The molecule has 0 aliphatic heterocycles. The molecular formula is C10H6ClFN2O2. The number of nitrogens with one attached hydrogen (secondary N) is 1. The molecule has 0 radical (unpaired) electrons. The number of hydrogen-bond donors (Lipinski definition) is 2. The molecule has 2 rings (SSSR count). The van der Waals surface area contributed by atoms with E-state index < -0.39 is 22.8 Å². The number of amides is 1. The number of rotatable bonds is 1. The Hall–Kier alpha value is -1.88. The number of hydrogen-bond acceptors (Lipinski definition) is 2. The molecule has 4 nitrogen and oxygen atoms in total. The molecule has 1 heterocycles. The van der Waals surface area contributed by atoms with Gasteiger partial charge in [0, 0.05) is 22.0 Å². The quantitative estimate of drug-likeness (QED) is 0.791. The molecule has 0 aliphatic rings. The molecule has 0 saturated heterocycles. The minimum Gasteiger partial charge on any atom is -0.365 e. The van der Waals surface area contributed by atoms with Crippen molar-refractivity contribution in [1.82, 2.24) is 4.98 Å². The van der Waals surface area contributed by atoms with Gasteiger partial charge in [-0.1, -0.05) is 11.6 Å². The van der Waals surface area contributed by atoms with E-state index in [2.05, 4.69) is 4.98 Å². The zero-order valence-electron chi connectivity index (χ0n) is 7.88. The molecule has 0 unspecified atom stereocenters. The lowest BCUT2D eigenvalue weighted by Gasteiger charge is -2.04. The van der Waals surface area contributed by atoms with Gasteiger partial charge in [-0.3, -0.25) is 9.59 Å². The van der Waals surface area contributed by atoms with E-state index in [0.29, 0.717) is 5.39 Å². The van der Waals surface area contributed by atoms with Crippen LogP contribution in [0.15, 0.2) is 23.1 Å². The summed E-state index contributed by atoms with van der Waals surface area (Å²) < 4.78 is 13.6. The third kappa shape index (κ3) is 1.55. The third-order valence-corrected chi connectivity index (χ3v) is 2.39. The van der Waals surface area contributed by atoms with E-state index in [-0.39, 0.29) is 10.4 Å². The van der Waals surface area contributed by atoms with Gasteiger partial charge in [0.2, 0.25) is 0 Å². The summed E-state index contributed by atoms with van der Waals surface area (Å²) in [4.78, 5) is 24.7. The summed E-state index contributed by atoms with van der Waals surface area (Å²) in [5.41, 5.74) is 3.91. The second-order valence-corrected chi connectivity index (χ2v) is 3.65. The summed E-state index contributed by atoms with van der Waals surface area (Å²) in [6.07, 6.45) is 1.28. The number of H-pyrrole nitrogens is 1. The number of halogens is 2. The molecule has 1 aromatic heterocycles. The molecule has 0 saturated carbocycles. The lowest BCUT2D eigenvalue weighted by molar-refractivity contribution is 0.1000. The molecule has 0 bridgehead atoms. The lowest BCUT2D eigenvalue weighted by atomic mass is 10.1. The van der Waals surface area contributed by atoms with Gasteiger partial charge in [0.05, 0.1) is 0 Å². The number of aromatic nitrogens is 1. The Morgan fingerprint density at radius 2 is 2.12 bits per heavy atom. The first-order chi connectivity index (χ1) is 7.50. The third-order valence-electron chi connectivity index (χ3n) is 2.17. The van der Waals surface area contributed by atoms with E-state index in [1.807, 2.05) is 0 Å². The molecule has 1 amide bonds. The molecule has 16 heavy (non-hydrogen) atoms. The second-order valence-electron chi connectivity index (χ2n) is 3.21. The van der Waals surface area contributed by atoms with Crippen molar-refractivity contribution < 1.29 is 9.18 Å². The van der Waals surface area contributed by atoms with Gasteiger partial charge in [0.15, 0.2) is 0 Å². The number of fused-ring (bicyclic) bond motifs is 1. The molecule has 82 valence electrons. The number of benzene rings is 1. The van der Waals surface area contributed by atoms with Crippen molar-refractivity contribution in [1.29, 1.82) is 0 Å². The summed E-state index contributed by atoms with van der Waals surface area (Å²) in [5.74, 6) is -1.73. The predicted octanol–water partition coefficient (Wildman–Crippen LogP) is 1.42. The molecular weight excluding hydrogens is 235 g/mol. The largest absolute Gasteiger partial charge is 0.365 e. The normalized spacial score (nSPS) is 10.6. The highest BCUT2D eigenvalue weighted by molar-refractivity contribution is 6.31. The van der Waals surface area contributed by atoms with E-state index in [4.69, 9.17) is 17.3 Å². The minimum atomic E-state index is -0.979. The maximum absolute atomic E-state index is 13.6. The van der Waals surface area contributed by atoms with Gasteiger partial charge >= 0.3 is 0 Å². The van der Waals surface area contributed by atoms with Crippen LogP contribution in [0.2, 0.25) is 5.02 Å². The molecule has 6 heteroatoms. The maximum Gasteiger partial charge on any atom is 0.261 e. The fraction of sp³-hybridized carbons (Fsp3) is 0. The van der Waals surface area contributed by atoms with Gasteiger partial charge in [-0.15, -0.1) is 0 Å². The SMILES string of the molecule is NC(=O)c1c(=O)[nH]cc2cc(Cl)cc(F)c12. The van der Waals surface area contributed by atoms with Gasteiger partial charge in [-0.2, -0.15) is 0 Å². The number of pyridine rings is 1. The van der Waals surface area contributed by atoms with Crippen LogP contribution >= 0.6 is 11.6 Å². The maximum atomic E-state index is 13.6. The van der Waals surface area contributed by atoms with E-state index in [9.17, 15) is 14.0 Å². The van der Waals surface area contributed by atoms with Crippen LogP contribution < -0.4 is 11.3 Å². The fourth-order valence-corrected chi connectivity index (χ4v) is 1.75. The smallest absolute Gasteiger partial charge is 0.261 e. The van der Waals surface area contributed by atoms with Gasteiger partial charge in [-0.25, -0.2) is 4.39 Å². The second kappa shape index (κ2) is 3.61. The molecule has 0 fully saturated rings. The molecule has 0 aliphatic carbocycles. The number of carbonyl (C=O) groups excluding carboxylic acids is 1. The predicted molar refractivity (Wildman–Crippen MR) is 58.1 cm³/mol. The van der Waals surface area contributed by atoms with Crippen LogP contribution in [0, 0.1) is 5.82 Å². The number of aromatic amines is 1. The lowest BCUT2D eigenvalue weighted by Crippen LogP contribution is -2.24. The van der Waals surface area contributed by atoms with Gasteiger partial charge < -0.3 is 10.7 Å². The van der Waals surface area contributed by atoms with Gasteiger partial charge in [0.25, 0.3) is 11.5 Å². The molecule has 0 spiro atoms. The fourth-order valence-electron chi connectivity index (χ4n) is 1.54. The van der Waals surface area contributed by atoms with Crippen LogP contribution in [-0.2, 0) is 0 Å². The van der Waals surface area contributed by atoms with Crippen molar-refractivity contribution in [3.05, 3.63) is 45.1 Å². The molecule has 1 aromatic carbocycles. The first-order valence-electron chi connectivity index (χ1n) is 4.31. The molecule has 3 N–H and O–H groups in total. The molecule has 2 aromatic rings. The highest BCUT2D eigenvalue weighted by Gasteiger charge is 2.15. The van der Waals surface area contributed by atoms with Crippen LogP contribution in [0.4, 0.5) is 4.39 Å². The summed E-state index contributed by atoms with van der Waals surface area (Å²) in [7, 11) is 0. The van der Waals surface area contributed by atoms with Crippen molar-refractivity contribution >= 4 is 28.3 Å². The topological polar surface area (TPSA) is 76.0 Å². The molecule has 0 atom stereocenters. The van der Waals surface area contributed by atoms with E-state index >= 15 is 0 Å². The van der Waals surface area contributed by atoms with Crippen molar-refractivity contribution in [2.75, 3.05) is 0 Å². The summed E-state index contributed by atoms with van der Waals surface area (Å²) >= 11 is 5.65. The highest BCUT2D eigenvalue weighted by Crippen LogP contribution is 2.23. The minimum absolute atomic E-state index is 0.111. The Morgan fingerprint density at radius 1 is 1.44 bits per heavy atom. The van der Waals surface area contributed by atoms with Crippen LogP contribution in [0.1, 0.15) is 10.4 Å². The Morgan fingerprint density at radius 3 is 2.75 bits per heavy atom. The van der Waals surface area contributed by atoms with Crippen molar-refractivity contribution in [3.63, 3.8) is 0 Å². The van der Waals surface area contributed by atoms with Crippen molar-refractivity contribution in [3.8, 4) is 0 Å². The number of carbonyl (C=O) groups is 1. The van der Waals surface area contributed by atoms with Crippen molar-refractivity contribution in [2.45, 2.75) is 0 Å². The Labute approximate surface area is 93.8 Å². The zero-order chi connectivity index (χ0) is 11.9. The summed E-state index contributed by atoms with van der Waals surface area (Å²) in [6.45, 7) is 0. The number of nitrogens with two attached hydrogens (primary N) is 1. The van der Waals surface area contributed by atoms with Crippen molar-refractivity contribution in [2.24, 2.45) is 5.73 Å². The highest BCUT2D eigenvalue weighted by atomic mass is 35.5. The monoisotopic (exact) mass is 240 g/mol. The summed E-state index contributed by atoms with van der Waals surface area (Å²) in [6, 6.07) is 2.46. The number of primary amides is 1. The van der Waals surface area contributed by atoms with Gasteiger partial charge in [-0.05, 0) is 12.1 Å². The standard InChI is InChI=1S/C10H6ClFN2O2/c11-5-1-4-3-14-10(16)8(9(13)15)7(4)6(12)2-5/h1-3H,(H2,13,15)(H,14,16). The van der Waals surface area contributed by atoms with Crippen LogP contribution in [0.5, 0.6) is 0 Å². The Kier molecular flexibility index (Phi) is 2.40. The van der Waals surface area contributed by atoms with Crippen LogP contribution in [-0.4, -0.2) is 10.9 Å². The van der Waals surface area contributed by atoms with Crippen LogP contribution in [0.25, 0.3) is 10.8 Å².